The summed E-state index contributed by atoms with van der Waals surface area (Å²) in [6.45, 7) is 5.38. The first-order valence-electron chi connectivity index (χ1n) is 13.4. The van der Waals surface area contributed by atoms with Crippen LogP contribution in [0.25, 0.3) is 6.08 Å². The number of hydrogen-bond donors (Lipinski definition) is 3. The monoisotopic (exact) mass is 581 g/mol. The van der Waals surface area contributed by atoms with E-state index >= 15 is 0 Å². The van der Waals surface area contributed by atoms with E-state index in [0.717, 1.165) is 48.1 Å². The highest BCUT2D eigenvalue weighted by Crippen LogP contribution is 2.39. The Balaban J connectivity index is 1.53. The number of rotatable bonds is 10. The van der Waals surface area contributed by atoms with E-state index in [-0.39, 0.29) is 0 Å². The van der Waals surface area contributed by atoms with E-state index in [0.29, 0.717) is 47.0 Å². The van der Waals surface area contributed by atoms with Gasteiger partial charge in [-0.1, -0.05) is 73.3 Å². The molecule has 1 atom stereocenters. The van der Waals surface area contributed by atoms with Crippen molar-refractivity contribution < 1.29 is 14.8 Å². The Morgan fingerprint density at radius 1 is 1.07 bits per heavy atom. The summed E-state index contributed by atoms with van der Waals surface area (Å²) >= 11 is 1.14. The summed E-state index contributed by atoms with van der Waals surface area (Å²) in [5.41, 5.74) is 11.3. The van der Waals surface area contributed by atoms with Crippen molar-refractivity contribution in [3.63, 3.8) is 0 Å². The number of benzene rings is 2. The molecule has 0 saturated carbocycles. The first-order chi connectivity index (χ1) is 20.4. The van der Waals surface area contributed by atoms with Gasteiger partial charge in [0.05, 0.1) is 11.1 Å². The first-order valence-corrected chi connectivity index (χ1v) is 14.3. The zero-order valence-corrected chi connectivity index (χ0v) is 24.0. The van der Waals surface area contributed by atoms with Crippen molar-refractivity contribution in [3.05, 3.63) is 94.1 Å². The predicted octanol–water partition coefficient (Wildman–Crippen LogP) is 3.55. The molecule has 3 aromatic rings. The molecule has 1 fully saturated rings. The molecule has 0 spiro atoms. The molecule has 0 bridgehead atoms. The van der Waals surface area contributed by atoms with Gasteiger partial charge in [-0.05, 0) is 34.8 Å². The van der Waals surface area contributed by atoms with Gasteiger partial charge in [0.25, 0.3) is 5.91 Å². The van der Waals surface area contributed by atoms with Crippen molar-refractivity contribution in [2.45, 2.75) is 30.2 Å². The molecule has 1 saturated heterocycles. The molecule has 42 heavy (non-hydrogen) atoms. The number of piperazine rings is 1. The fourth-order valence-electron chi connectivity index (χ4n) is 4.85. The summed E-state index contributed by atoms with van der Waals surface area (Å²) in [7, 11) is 0. The second-order valence-corrected chi connectivity index (χ2v) is 10.8. The van der Waals surface area contributed by atoms with Gasteiger partial charge in [-0.25, -0.2) is 10.5 Å². The van der Waals surface area contributed by atoms with Gasteiger partial charge in [0.15, 0.2) is 0 Å². The van der Waals surface area contributed by atoms with Gasteiger partial charge in [-0.3, -0.25) is 19.7 Å². The standard InChI is InChI=1S/C31H31N7O3S/c1-2-24-25(18-32)30(35-31(26(24)19-33)42-28(29(34)40)23-6-4-3-5-7-23)38-16-14-37(15-17-38)20-22-10-8-21(9-11-22)12-13-27(39)36-41/h3-13,28,41H,2,14-17,20H2,1H3,(H2,34,40)(H,36,39)/b13-12+. The number of hydroxylamine groups is 1. The van der Waals surface area contributed by atoms with E-state index in [1.807, 2.05) is 61.5 Å². The van der Waals surface area contributed by atoms with Gasteiger partial charge < -0.3 is 10.6 Å². The van der Waals surface area contributed by atoms with Gasteiger partial charge in [-0.15, -0.1) is 0 Å². The zero-order valence-electron chi connectivity index (χ0n) is 23.2. The highest BCUT2D eigenvalue weighted by Gasteiger charge is 2.28. The van der Waals surface area contributed by atoms with Crippen LogP contribution >= 0.6 is 11.8 Å². The number of nitrogens with zero attached hydrogens (tertiary/aromatic N) is 5. The quantitative estimate of drug-likeness (QED) is 0.141. The Morgan fingerprint density at radius 2 is 1.74 bits per heavy atom. The Labute approximate surface area is 249 Å². The molecule has 2 amide bonds. The lowest BCUT2D eigenvalue weighted by Crippen LogP contribution is -2.46. The first kappa shape index (κ1) is 30.3. The maximum atomic E-state index is 12.4. The number of amides is 2. The maximum absolute atomic E-state index is 12.4. The van der Waals surface area contributed by atoms with Crippen LogP contribution in [0, 0.1) is 22.7 Å². The maximum Gasteiger partial charge on any atom is 0.267 e. The largest absolute Gasteiger partial charge is 0.368 e. The minimum Gasteiger partial charge on any atom is -0.368 e. The van der Waals surface area contributed by atoms with Gasteiger partial charge in [0, 0.05) is 38.8 Å². The molecular formula is C31H31N7O3S. The Hall–Kier alpha value is -4.68. The summed E-state index contributed by atoms with van der Waals surface area (Å²) in [4.78, 5) is 32.8. The smallest absolute Gasteiger partial charge is 0.267 e. The molecule has 4 rings (SSSR count). The van der Waals surface area contributed by atoms with Gasteiger partial charge in [-0.2, -0.15) is 10.5 Å². The zero-order chi connectivity index (χ0) is 30.1. The topological polar surface area (TPSA) is 159 Å². The number of primary amides is 1. The molecule has 4 N–H and O–H groups in total. The normalized spacial score (nSPS) is 14.2. The SMILES string of the molecule is CCc1c(C#N)c(SC(C(N)=O)c2ccccc2)nc(N2CCN(Cc3ccc(/C=C/C(=O)NO)cc3)CC2)c1C#N. The van der Waals surface area contributed by atoms with Crippen molar-refractivity contribution in [1.29, 1.82) is 10.5 Å². The van der Waals surface area contributed by atoms with E-state index in [4.69, 9.17) is 15.9 Å². The minimum absolute atomic E-state index is 0.305. The third-order valence-corrected chi connectivity index (χ3v) is 8.27. The predicted molar refractivity (Wildman–Crippen MR) is 160 cm³/mol. The van der Waals surface area contributed by atoms with Crippen LogP contribution in [0.4, 0.5) is 5.82 Å². The van der Waals surface area contributed by atoms with E-state index in [2.05, 4.69) is 21.9 Å². The second-order valence-electron chi connectivity index (χ2n) is 9.67. The molecule has 0 aliphatic carbocycles. The number of pyridine rings is 1. The van der Waals surface area contributed by atoms with E-state index in [1.165, 1.54) is 6.08 Å². The van der Waals surface area contributed by atoms with Crippen LogP contribution in [0.5, 0.6) is 0 Å². The van der Waals surface area contributed by atoms with E-state index < -0.39 is 17.1 Å². The average Bonchev–Trinajstić information content (AvgIpc) is 3.02. The molecule has 11 heteroatoms. The Kier molecular flexibility index (Phi) is 10.3. The molecule has 10 nitrogen and oxygen atoms in total. The Morgan fingerprint density at radius 3 is 2.31 bits per heavy atom. The number of thioether (sulfide) groups is 1. The lowest BCUT2D eigenvalue weighted by atomic mass is 10.0. The van der Waals surface area contributed by atoms with Gasteiger partial charge >= 0.3 is 0 Å². The number of carbonyl (C=O) groups excluding carboxylic acids is 2. The summed E-state index contributed by atoms with van der Waals surface area (Å²) in [5, 5.41) is 28.4. The number of nitrogens with two attached hydrogens (primary N) is 1. The fraction of sp³-hybridized carbons (Fsp3) is 0.258. The van der Waals surface area contributed by atoms with Crippen LogP contribution in [-0.2, 0) is 22.6 Å². The van der Waals surface area contributed by atoms with Crippen molar-refractivity contribution >= 4 is 35.5 Å². The summed E-state index contributed by atoms with van der Waals surface area (Å²) in [6.07, 6.45) is 3.34. The molecule has 2 aromatic carbocycles. The molecule has 1 aromatic heterocycles. The minimum atomic E-state index is -0.734. The third-order valence-electron chi connectivity index (χ3n) is 7.01. The number of hydrogen-bond acceptors (Lipinski definition) is 9. The lowest BCUT2D eigenvalue weighted by molar-refractivity contribution is -0.124. The number of nitriles is 2. The second kappa shape index (κ2) is 14.3. The van der Waals surface area contributed by atoms with Gasteiger partial charge in [0.2, 0.25) is 5.91 Å². The highest BCUT2D eigenvalue weighted by molar-refractivity contribution is 8.00. The third kappa shape index (κ3) is 7.14. The molecule has 0 radical (unpaired) electrons. The van der Waals surface area contributed by atoms with Crippen LogP contribution in [-0.4, -0.2) is 53.1 Å². The number of carbonyl (C=O) groups is 2. The summed E-state index contributed by atoms with van der Waals surface area (Å²) < 4.78 is 0. The highest BCUT2D eigenvalue weighted by atomic mass is 32.2. The summed E-state index contributed by atoms with van der Waals surface area (Å²) in [6, 6.07) is 21.5. The summed E-state index contributed by atoms with van der Waals surface area (Å²) in [5.74, 6) is -0.599. The van der Waals surface area contributed by atoms with E-state index in [1.54, 1.807) is 11.6 Å². The van der Waals surface area contributed by atoms with Crippen LogP contribution < -0.4 is 16.1 Å². The number of aromatic nitrogens is 1. The van der Waals surface area contributed by atoms with Crippen LogP contribution in [0.2, 0.25) is 0 Å². The van der Waals surface area contributed by atoms with Crippen molar-refractivity contribution in [2.24, 2.45) is 5.73 Å². The van der Waals surface area contributed by atoms with Crippen LogP contribution in [0.1, 0.15) is 45.6 Å². The molecule has 2 heterocycles. The average molecular weight is 582 g/mol. The molecule has 214 valence electrons. The molecule has 1 aliphatic heterocycles. The van der Waals surface area contributed by atoms with Crippen molar-refractivity contribution in [1.82, 2.24) is 15.4 Å². The van der Waals surface area contributed by atoms with Gasteiger partial charge in [0.1, 0.15) is 28.2 Å². The lowest BCUT2D eigenvalue weighted by Gasteiger charge is -2.36. The van der Waals surface area contributed by atoms with E-state index in [9.17, 15) is 20.1 Å². The van der Waals surface area contributed by atoms with Crippen LogP contribution in [0.15, 0.2) is 65.7 Å². The number of anilines is 1. The molecular weight excluding hydrogens is 550 g/mol. The van der Waals surface area contributed by atoms with Crippen molar-refractivity contribution in [3.8, 4) is 12.1 Å². The van der Waals surface area contributed by atoms with Crippen LogP contribution in [0.3, 0.4) is 0 Å². The molecule has 1 aliphatic rings. The number of nitrogens with one attached hydrogen (secondary N) is 1. The molecule has 1 unspecified atom stereocenters. The van der Waals surface area contributed by atoms with Crippen molar-refractivity contribution in [2.75, 3.05) is 31.1 Å². The Bertz CT molecular complexity index is 1540. The fourth-order valence-corrected chi connectivity index (χ4v) is 5.91.